The Bertz CT molecular complexity index is 252. The average molecular weight is 169 g/mol. The van der Waals surface area contributed by atoms with Crippen molar-refractivity contribution in [2.24, 2.45) is 0 Å². The predicted octanol–water partition coefficient (Wildman–Crippen LogP) is 2.40. The molecule has 1 unspecified atom stereocenters. The number of hydrogen-bond donors (Lipinski definition) is 0. The SMILES string of the molecule is CCC(C)Oc1cccnc1F. The van der Waals surface area contributed by atoms with Gasteiger partial charge in [-0.05, 0) is 25.5 Å². The molecule has 3 heteroatoms. The lowest BCUT2D eigenvalue weighted by molar-refractivity contribution is 0.205. The van der Waals surface area contributed by atoms with Crippen molar-refractivity contribution in [1.82, 2.24) is 4.98 Å². The van der Waals surface area contributed by atoms with E-state index in [9.17, 15) is 4.39 Å². The van der Waals surface area contributed by atoms with Gasteiger partial charge in [-0.2, -0.15) is 4.39 Å². The lowest BCUT2D eigenvalue weighted by Gasteiger charge is -2.11. The number of aromatic nitrogens is 1. The van der Waals surface area contributed by atoms with Gasteiger partial charge in [-0.1, -0.05) is 6.92 Å². The van der Waals surface area contributed by atoms with Gasteiger partial charge in [0, 0.05) is 6.20 Å². The minimum absolute atomic E-state index is 0.0312. The summed E-state index contributed by atoms with van der Waals surface area (Å²) in [6, 6.07) is 3.23. The van der Waals surface area contributed by atoms with Crippen molar-refractivity contribution in [3.63, 3.8) is 0 Å². The maximum absolute atomic E-state index is 12.9. The Morgan fingerprint density at radius 2 is 2.42 bits per heavy atom. The van der Waals surface area contributed by atoms with Crippen LogP contribution < -0.4 is 4.74 Å². The standard InChI is InChI=1S/C9H12FNO/c1-3-7(2)12-8-5-4-6-11-9(8)10/h4-7H,3H2,1-2H3. The molecule has 0 aliphatic rings. The first-order valence-corrected chi connectivity index (χ1v) is 4.01. The van der Waals surface area contributed by atoms with Crippen LogP contribution in [0.3, 0.4) is 0 Å². The lowest BCUT2D eigenvalue weighted by atomic mass is 10.3. The molecule has 1 atom stereocenters. The molecule has 1 heterocycles. The average Bonchev–Trinajstić information content (AvgIpc) is 2.09. The summed E-state index contributed by atoms with van der Waals surface area (Å²) in [4.78, 5) is 3.47. The van der Waals surface area contributed by atoms with Crippen LogP contribution in [0.25, 0.3) is 0 Å². The quantitative estimate of drug-likeness (QED) is 0.648. The van der Waals surface area contributed by atoms with Gasteiger partial charge in [0.2, 0.25) is 0 Å². The second kappa shape index (κ2) is 4.04. The molecule has 1 aromatic rings. The number of nitrogens with zero attached hydrogens (tertiary/aromatic N) is 1. The predicted molar refractivity (Wildman–Crippen MR) is 44.6 cm³/mol. The van der Waals surface area contributed by atoms with Crippen LogP contribution in [0.15, 0.2) is 18.3 Å². The number of pyridine rings is 1. The summed E-state index contributed by atoms with van der Waals surface area (Å²) in [5, 5.41) is 0. The van der Waals surface area contributed by atoms with Gasteiger partial charge in [-0.25, -0.2) is 4.98 Å². The zero-order valence-electron chi connectivity index (χ0n) is 7.25. The van der Waals surface area contributed by atoms with Crippen LogP contribution in [0.4, 0.5) is 4.39 Å². The normalized spacial score (nSPS) is 12.6. The van der Waals surface area contributed by atoms with Crippen LogP contribution in [0.2, 0.25) is 0 Å². The van der Waals surface area contributed by atoms with Crippen molar-refractivity contribution < 1.29 is 9.13 Å². The Morgan fingerprint density at radius 3 is 3.00 bits per heavy atom. The maximum atomic E-state index is 12.9. The minimum atomic E-state index is -0.544. The molecule has 0 bridgehead atoms. The molecule has 0 saturated heterocycles. The molecule has 1 aromatic heterocycles. The molecule has 0 fully saturated rings. The minimum Gasteiger partial charge on any atom is -0.486 e. The van der Waals surface area contributed by atoms with Crippen LogP contribution in [0.5, 0.6) is 5.75 Å². The van der Waals surface area contributed by atoms with E-state index in [0.29, 0.717) is 0 Å². The number of ether oxygens (including phenoxy) is 1. The van der Waals surface area contributed by atoms with E-state index in [1.165, 1.54) is 6.20 Å². The highest BCUT2D eigenvalue weighted by molar-refractivity contribution is 5.17. The Hall–Kier alpha value is -1.12. The first-order chi connectivity index (χ1) is 5.74. The van der Waals surface area contributed by atoms with Gasteiger partial charge >= 0.3 is 0 Å². The van der Waals surface area contributed by atoms with Gasteiger partial charge in [0.1, 0.15) is 0 Å². The molecule has 12 heavy (non-hydrogen) atoms. The van der Waals surface area contributed by atoms with E-state index in [-0.39, 0.29) is 11.9 Å². The van der Waals surface area contributed by atoms with E-state index < -0.39 is 5.95 Å². The Kier molecular flexibility index (Phi) is 3.02. The molecule has 0 aromatic carbocycles. The summed E-state index contributed by atoms with van der Waals surface area (Å²) in [5.74, 6) is -0.315. The molecule has 0 aliphatic heterocycles. The van der Waals surface area contributed by atoms with Gasteiger partial charge < -0.3 is 4.74 Å². The van der Waals surface area contributed by atoms with Gasteiger partial charge in [0.15, 0.2) is 5.75 Å². The fourth-order valence-corrected chi connectivity index (χ4v) is 0.759. The Balaban J connectivity index is 2.69. The summed E-state index contributed by atoms with van der Waals surface area (Å²) in [5.41, 5.74) is 0. The molecule has 2 nitrogen and oxygen atoms in total. The molecule has 1 rings (SSSR count). The molecule has 0 N–H and O–H groups in total. The van der Waals surface area contributed by atoms with E-state index >= 15 is 0 Å². The highest BCUT2D eigenvalue weighted by Crippen LogP contribution is 2.15. The summed E-state index contributed by atoms with van der Waals surface area (Å²) >= 11 is 0. The van der Waals surface area contributed by atoms with Crippen LogP contribution in [0.1, 0.15) is 20.3 Å². The Morgan fingerprint density at radius 1 is 1.67 bits per heavy atom. The van der Waals surface area contributed by atoms with Crippen molar-refractivity contribution in [2.75, 3.05) is 0 Å². The third kappa shape index (κ3) is 2.19. The van der Waals surface area contributed by atoms with E-state index in [2.05, 4.69) is 4.98 Å². The van der Waals surface area contributed by atoms with Gasteiger partial charge in [0.05, 0.1) is 6.10 Å². The zero-order valence-corrected chi connectivity index (χ0v) is 7.25. The third-order valence-electron chi connectivity index (χ3n) is 1.63. The zero-order chi connectivity index (χ0) is 8.97. The monoisotopic (exact) mass is 169 g/mol. The van der Waals surface area contributed by atoms with E-state index in [1.54, 1.807) is 12.1 Å². The van der Waals surface area contributed by atoms with Crippen LogP contribution >= 0.6 is 0 Å². The Labute approximate surface area is 71.4 Å². The summed E-state index contributed by atoms with van der Waals surface area (Å²) in [6.45, 7) is 3.88. The maximum Gasteiger partial charge on any atom is 0.255 e. The number of halogens is 1. The van der Waals surface area contributed by atoms with Crippen molar-refractivity contribution in [2.45, 2.75) is 26.4 Å². The molecule has 0 radical (unpaired) electrons. The number of rotatable bonds is 3. The van der Waals surface area contributed by atoms with Crippen molar-refractivity contribution in [1.29, 1.82) is 0 Å². The van der Waals surface area contributed by atoms with Crippen molar-refractivity contribution in [3.8, 4) is 5.75 Å². The molecular formula is C9H12FNO. The van der Waals surface area contributed by atoms with Crippen molar-refractivity contribution >= 4 is 0 Å². The van der Waals surface area contributed by atoms with Crippen LogP contribution in [-0.2, 0) is 0 Å². The molecule has 0 saturated carbocycles. The topological polar surface area (TPSA) is 22.1 Å². The van der Waals surface area contributed by atoms with E-state index in [1.807, 2.05) is 13.8 Å². The van der Waals surface area contributed by atoms with Gasteiger partial charge in [-0.3, -0.25) is 0 Å². The first-order valence-electron chi connectivity index (χ1n) is 4.01. The highest BCUT2D eigenvalue weighted by Gasteiger charge is 2.05. The fraction of sp³-hybridized carbons (Fsp3) is 0.444. The van der Waals surface area contributed by atoms with Crippen LogP contribution in [0, 0.1) is 5.95 Å². The molecule has 0 spiro atoms. The highest BCUT2D eigenvalue weighted by atomic mass is 19.1. The van der Waals surface area contributed by atoms with E-state index in [4.69, 9.17) is 4.74 Å². The fourth-order valence-electron chi connectivity index (χ4n) is 0.759. The van der Waals surface area contributed by atoms with Crippen molar-refractivity contribution in [3.05, 3.63) is 24.3 Å². The van der Waals surface area contributed by atoms with Gasteiger partial charge in [0.25, 0.3) is 5.95 Å². The molecule has 0 amide bonds. The van der Waals surface area contributed by atoms with Crippen LogP contribution in [-0.4, -0.2) is 11.1 Å². The molecule has 0 aliphatic carbocycles. The second-order valence-electron chi connectivity index (χ2n) is 2.63. The smallest absolute Gasteiger partial charge is 0.255 e. The second-order valence-corrected chi connectivity index (χ2v) is 2.63. The third-order valence-corrected chi connectivity index (χ3v) is 1.63. The summed E-state index contributed by atoms with van der Waals surface area (Å²) in [7, 11) is 0. The van der Waals surface area contributed by atoms with Gasteiger partial charge in [-0.15, -0.1) is 0 Å². The summed E-state index contributed by atoms with van der Waals surface area (Å²) < 4.78 is 18.1. The molecular weight excluding hydrogens is 157 g/mol. The largest absolute Gasteiger partial charge is 0.486 e. The number of hydrogen-bond acceptors (Lipinski definition) is 2. The van der Waals surface area contributed by atoms with E-state index in [0.717, 1.165) is 6.42 Å². The molecule has 66 valence electrons. The summed E-state index contributed by atoms with van der Waals surface area (Å²) in [6.07, 6.45) is 2.29. The first kappa shape index (κ1) is 8.97. The lowest BCUT2D eigenvalue weighted by Crippen LogP contribution is -2.10.